The predicted octanol–water partition coefficient (Wildman–Crippen LogP) is 2.29. The molecule has 0 bridgehead atoms. The topological polar surface area (TPSA) is 24.9 Å². The third kappa shape index (κ3) is 2.93. The molecule has 0 fully saturated rings. The van der Waals surface area contributed by atoms with Crippen LogP contribution in [0.25, 0.3) is 0 Å². The van der Waals surface area contributed by atoms with Crippen molar-refractivity contribution >= 4 is 5.69 Å². The first-order valence-electron chi connectivity index (χ1n) is 3.76. The molecule has 0 saturated heterocycles. The fraction of sp³-hybridized carbons (Fsp3) is 0.375. The number of hydrogen-bond donors (Lipinski definition) is 1. The van der Waals surface area contributed by atoms with Gasteiger partial charge in [-0.05, 0) is 13.0 Å². The number of alkyl halides is 2. The standard InChI is InChI=1S/C8H9F3N2/c1-5(8(10)11)13-6-2-3-12-7(9)4-6/h2-5,8H,1H3,(H,12,13). The number of nitrogens with one attached hydrogen (secondary N) is 1. The Balaban J connectivity index is 2.64. The molecule has 1 aromatic rings. The molecule has 0 aliphatic carbocycles. The van der Waals surface area contributed by atoms with E-state index in [1.54, 1.807) is 0 Å². The Morgan fingerprint density at radius 2 is 2.15 bits per heavy atom. The van der Waals surface area contributed by atoms with Gasteiger partial charge in [0.25, 0.3) is 6.43 Å². The summed E-state index contributed by atoms with van der Waals surface area (Å²) in [6, 6.07) is 1.50. The van der Waals surface area contributed by atoms with Crippen molar-refractivity contribution in [3.05, 3.63) is 24.3 Å². The number of rotatable bonds is 3. The molecule has 1 N–H and O–H groups in total. The molecule has 1 unspecified atom stereocenters. The van der Waals surface area contributed by atoms with Gasteiger partial charge in [0, 0.05) is 18.0 Å². The van der Waals surface area contributed by atoms with Crippen molar-refractivity contribution < 1.29 is 13.2 Å². The van der Waals surface area contributed by atoms with Gasteiger partial charge in [-0.2, -0.15) is 4.39 Å². The predicted molar refractivity (Wildman–Crippen MR) is 43.3 cm³/mol. The zero-order valence-electron chi connectivity index (χ0n) is 6.97. The van der Waals surface area contributed by atoms with Crippen LogP contribution in [0.5, 0.6) is 0 Å². The van der Waals surface area contributed by atoms with Crippen LogP contribution in [0, 0.1) is 5.95 Å². The Morgan fingerprint density at radius 3 is 2.69 bits per heavy atom. The molecule has 13 heavy (non-hydrogen) atoms. The van der Waals surface area contributed by atoms with E-state index in [4.69, 9.17) is 0 Å². The maximum Gasteiger partial charge on any atom is 0.258 e. The maximum atomic E-state index is 12.5. The van der Waals surface area contributed by atoms with Crippen LogP contribution in [0.2, 0.25) is 0 Å². The van der Waals surface area contributed by atoms with E-state index in [0.29, 0.717) is 5.69 Å². The highest BCUT2D eigenvalue weighted by atomic mass is 19.3. The summed E-state index contributed by atoms with van der Waals surface area (Å²) in [5, 5.41) is 2.45. The van der Waals surface area contributed by atoms with E-state index in [1.807, 2.05) is 0 Å². The first-order valence-corrected chi connectivity index (χ1v) is 3.76. The van der Waals surface area contributed by atoms with Crippen molar-refractivity contribution in [2.24, 2.45) is 0 Å². The van der Waals surface area contributed by atoms with Gasteiger partial charge in [-0.25, -0.2) is 13.8 Å². The minimum atomic E-state index is -2.48. The van der Waals surface area contributed by atoms with Crippen LogP contribution >= 0.6 is 0 Å². The van der Waals surface area contributed by atoms with E-state index in [0.717, 1.165) is 6.07 Å². The Bertz CT molecular complexity index is 278. The molecule has 2 nitrogen and oxygen atoms in total. The summed E-state index contributed by atoms with van der Waals surface area (Å²) in [5.74, 6) is -0.688. The van der Waals surface area contributed by atoms with Crippen molar-refractivity contribution in [3.8, 4) is 0 Å². The maximum absolute atomic E-state index is 12.5. The molecule has 5 heteroatoms. The van der Waals surface area contributed by atoms with Gasteiger partial charge in [0.2, 0.25) is 5.95 Å². The van der Waals surface area contributed by atoms with Crippen molar-refractivity contribution in [3.63, 3.8) is 0 Å². The minimum absolute atomic E-state index is 0.306. The molecule has 0 saturated carbocycles. The first-order chi connectivity index (χ1) is 6.09. The summed E-state index contributed by atoms with van der Waals surface area (Å²) < 4.78 is 36.6. The fourth-order valence-corrected chi connectivity index (χ4v) is 0.818. The molecule has 0 aromatic carbocycles. The normalized spacial score (nSPS) is 13.0. The average Bonchev–Trinajstić information content (AvgIpc) is 2.04. The SMILES string of the molecule is CC(Nc1ccnc(F)c1)C(F)F. The lowest BCUT2D eigenvalue weighted by Crippen LogP contribution is -2.23. The van der Waals surface area contributed by atoms with Crippen molar-refractivity contribution in [1.82, 2.24) is 4.98 Å². The second kappa shape index (κ2) is 4.11. The smallest absolute Gasteiger partial charge is 0.258 e. The van der Waals surface area contributed by atoms with Crippen LogP contribution in [-0.4, -0.2) is 17.5 Å². The third-order valence-corrected chi connectivity index (χ3v) is 1.50. The second-order valence-corrected chi connectivity index (χ2v) is 2.63. The van der Waals surface area contributed by atoms with Crippen molar-refractivity contribution in [1.29, 1.82) is 0 Å². The summed E-state index contributed by atoms with van der Waals surface area (Å²) in [7, 11) is 0. The molecule has 1 heterocycles. The largest absolute Gasteiger partial charge is 0.377 e. The van der Waals surface area contributed by atoms with E-state index in [1.165, 1.54) is 19.2 Å². The average molecular weight is 190 g/mol. The Labute approximate surface area is 73.8 Å². The first kappa shape index (κ1) is 9.83. The van der Waals surface area contributed by atoms with E-state index < -0.39 is 18.4 Å². The van der Waals surface area contributed by atoms with Gasteiger partial charge in [0.1, 0.15) is 0 Å². The molecule has 1 aromatic heterocycles. The Morgan fingerprint density at radius 1 is 1.46 bits per heavy atom. The van der Waals surface area contributed by atoms with Gasteiger partial charge in [-0.3, -0.25) is 0 Å². The summed E-state index contributed by atoms with van der Waals surface area (Å²) >= 11 is 0. The van der Waals surface area contributed by atoms with Gasteiger partial charge in [-0.15, -0.1) is 0 Å². The molecular weight excluding hydrogens is 181 g/mol. The number of pyridine rings is 1. The van der Waals surface area contributed by atoms with Gasteiger partial charge in [-0.1, -0.05) is 0 Å². The lowest BCUT2D eigenvalue weighted by atomic mass is 10.3. The van der Waals surface area contributed by atoms with Crippen LogP contribution in [0.3, 0.4) is 0 Å². The summed E-state index contributed by atoms with van der Waals surface area (Å²) in [6.45, 7) is 1.32. The van der Waals surface area contributed by atoms with E-state index >= 15 is 0 Å². The molecule has 1 atom stereocenters. The molecule has 0 aliphatic rings. The lowest BCUT2D eigenvalue weighted by Gasteiger charge is -2.13. The van der Waals surface area contributed by atoms with Gasteiger partial charge >= 0.3 is 0 Å². The van der Waals surface area contributed by atoms with Crippen LogP contribution < -0.4 is 5.32 Å². The van der Waals surface area contributed by atoms with Crippen molar-refractivity contribution in [2.75, 3.05) is 5.32 Å². The Hall–Kier alpha value is -1.26. The van der Waals surface area contributed by atoms with E-state index in [9.17, 15) is 13.2 Å². The molecule has 0 radical (unpaired) electrons. The zero-order chi connectivity index (χ0) is 9.84. The van der Waals surface area contributed by atoms with Crippen LogP contribution in [0.4, 0.5) is 18.9 Å². The van der Waals surface area contributed by atoms with Crippen LogP contribution in [0.1, 0.15) is 6.92 Å². The second-order valence-electron chi connectivity index (χ2n) is 2.63. The summed E-state index contributed by atoms with van der Waals surface area (Å²) in [4.78, 5) is 3.30. The molecule has 1 rings (SSSR count). The fourth-order valence-electron chi connectivity index (χ4n) is 0.818. The number of anilines is 1. The third-order valence-electron chi connectivity index (χ3n) is 1.50. The number of nitrogens with zero attached hydrogens (tertiary/aromatic N) is 1. The summed E-state index contributed by atoms with van der Waals surface area (Å²) in [5.41, 5.74) is 0.306. The van der Waals surface area contributed by atoms with Gasteiger partial charge < -0.3 is 5.32 Å². The molecule has 72 valence electrons. The highest BCUT2D eigenvalue weighted by Gasteiger charge is 2.13. The molecule has 0 amide bonds. The lowest BCUT2D eigenvalue weighted by molar-refractivity contribution is 0.130. The summed E-state index contributed by atoms with van der Waals surface area (Å²) in [6.07, 6.45) is -1.26. The molecular formula is C8H9F3N2. The Kier molecular flexibility index (Phi) is 3.11. The van der Waals surface area contributed by atoms with E-state index in [2.05, 4.69) is 10.3 Å². The van der Waals surface area contributed by atoms with Crippen LogP contribution in [-0.2, 0) is 0 Å². The number of aromatic nitrogens is 1. The molecule has 0 spiro atoms. The van der Waals surface area contributed by atoms with E-state index in [-0.39, 0.29) is 0 Å². The van der Waals surface area contributed by atoms with Crippen LogP contribution in [0.15, 0.2) is 18.3 Å². The van der Waals surface area contributed by atoms with Crippen molar-refractivity contribution in [2.45, 2.75) is 19.4 Å². The minimum Gasteiger partial charge on any atom is -0.377 e. The number of halogens is 3. The van der Waals surface area contributed by atoms with Gasteiger partial charge in [0.15, 0.2) is 0 Å². The highest BCUT2D eigenvalue weighted by molar-refractivity contribution is 5.42. The van der Waals surface area contributed by atoms with Gasteiger partial charge in [0.05, 0.1) is 6.04 Å². The quantitative estimate of drug-likeness (QED) is 0.739. The monoisotopic (exact) mass is 190 g/mol. The number of hydrogen-bond acceptors (Lipinski definition) is 2. The highest BCUT2D eigenvalue weighted by Crippen LogP contribution is 2.11. The zero-order valence-corrected chi connectivity index (χ0v) is 6.97. The molecule has 0 aliphatic heterocycles.